The third kappa shape index (κ3) is 8.36. The van der Waals surface area contributed by atoms with Crippen molar-refractivity contribution < 1.29 is 19.7 Å². The maximum absolute atomic E-state index is 11.0. The van der Waals surface area contributed by atoms with Gasteiger partial charge in [-0.2, -0.15) is 0 Å². The van der Waals surface area contributed by atoms with Gasteiger partial charge in [0.1, 0.15) is 6.61 Å². The van der Waals surface area contributed by atoms with E-state index in [9.17, 15) is 9.90 Å². The van der Waals surface area contributed by atoms with Crippen molar-refractivity contribution in [3.05, 3.63) is 0 Å². The second-order valence-corrected chi connectivity index (χ2v) is 5.27. The summed E-state index contributed by atoms with van der Waals surface area (Å²) in [5, 5.41) is 20.9. The lowest BCUT2D eigenvalue weighted by Gasteiger charge is -2.15. The zero-order valence-electron chi connectivity index (χ0n) is 11.5. The van der Waals surface area contributed by atoms with Gasteiger partial charge in [0.25, 0.3) is 0 Å². The second-order valence-electron chi connectivity index (χ2n) is 5.27. The Bertz CT molecular complexity index is 268. The number of rotatable bonds is 3. The molecule has 0 unspecified atom stereocenters. The van der Waals surface area contributed by atoms with Crippen LogP contribution in [0.15, 0.2) is 0 Å². The lowest BCUT2D eigenvalue weighted by Crippen LogP contribution is -2.41. The average molecular weight is 306 g/mol. The van der Waals surface area contributed by atoms with Crippen molar-refractivity contribution in [2.24, 2.45) is 5.73 Å². The third-order valence-electron chi connectivity index (χ3n) is 3.63. The van der Waals surface area contributed by atoms with Crippen LogP contribution in [0.25, 0.3) is 0 Å². The minimum atomic E-state index is -0.370. The van der Waals surface area contributed by atoms with E-state index in [0.29, 0.717) is 0 Å². The van der Waals surface area contributed by atoms with Gasteiger partial charge in [-0.05, 0) is 38.5 Å². The van der Waals surface area contributed by atoms with E-state index in [1.165, 1.54) is 7.11 Å². The Hall–Kier alpha value is -0.690. The van der Waals surface area contributed by atoms with Crippen LogP contribution in [0.3, 0.4) is 0 Å². The molecule has 0 heterocycles. The molecular weight excluding hydrogens is 272 g/mol. The fourth-order valence-corrected chi connectivity index (χ4v) is 2.46. The van der Waals surface area contributed by atoms with Crippen LogP contribution in [0, 0.1) is 0 Å². The second kappa shape index (κ2) is 11.9. The Morgan fingerprint density at radius 1 is 1.14 bits per heavy atom. The van der Waals surface area contributed by atoms with Crippen LogP contribution in [0.4, 0.5) is 0 Å². The van der Waals surface area contributed by atoms with Crippen molar-refractivity contribution in [2.45, 2.75) is 77.7 Å². The molecule has 0 bridgehead atoms. The molecule has 2 fully saturated rings. The molecule has 6 heteroatoms. The van der Waals surface area contributed by atoms with E-state index in [2.05, 4.69) is 10.1 Å². The van der Waals surface area contributed by atoms with Gasteiger partial charge in [-0.3, -0.25) is 4.79 Å². The lowest BCUT2D eigenvalue weighted by atomic mass is 10.2. The van der Waals surface area contributed by atoms with Gasteiger partial charge in [-0.25, -0.2) is 0 Å². The Morgan fingerprint density at radius 3 is 2.05 bits per heavy atom. The fraction of sp³-hybridized carbons (Fsp3) is 0.933. The first-order valence-electron chi connectivity index (χ1n) is 6.94. The number of hydrogen-bond acceptors (Lipinski definition) is 5. The predicted octanol–water partition coefficient (Wildman–Crippen LogP) is 0.793. The van der Waals surface area contributed by atoms with Crippen LogP contribution in [-0.2, 0) is 9.53 Å². The van der Waals surface area contributed by atoms with Crippen LogP contribution in [0.2, 0.25) is 0 Å². The number of carbonyl (C=O) groups excluding carboxylic acids is 1. The first-order valence-corrected chi connectivity index (χ1v) is 6.94. The molecule has 0 spiro atoms. The topological polar surface area (TPSA) is 105 Å². The molecule has 2 saturated carbocycles. The molecule has 0 aliphatic heterocycles. The zero-order chi connectivity index (χ0) is 14.3. The van der Waals surface area contributed by atoms with Gasteiger partial charge in [0.15, 0.2) is 0 Å². The highest BCUT2D eigenvalue weighted by Crippen LogP contribution is 2.18. The fourth-order valence-electron chi connectivity index (χ4n) is 2.46. The van der Waals surface area contributed by atoms with Gasteiger partial charge < -0.3 is 26.0 Å². The Kier molecular flexibility index (Phi) is 12.8. The van der Waals surface area contributed by atoms with E-state index in [4.69, 9.17) is 10.8 Å². The van der Waals surface area contributed by atoms with Gasteiger partial charge in [0.2, 0.25) is 5.91 Å². The Morgan fingerprint density at radius 2 is 1.71 bits per heavy atom. The molecule has 128 valence electrons. The highest BCUT2D eigenvalue weighted by molar-refractivity contribution is 5.77. The van der Waals surface area contributed by atoms with Crippen LogP contribution in [-0.4, -0.2) is 54.1 Å². The minimum absolute atomic E-state index is 0. The molecule has 0 aromatic rings. The minimum Gasteiger partial charge on any atom is -0.392 e. The molecule has 2 aliphatic carbocycles. The number of carbonyl (C=O) groups is 1. The number of methoxy groups -OCH3 is 1. The Balaban J connectivity index is 0. The summed E-state index contributed by atoms with van der Waals surface area (Å²) in [7, 11) is 1.48. The van der Waals surface area contributed by atoms with Crippen molar-refractivity contribution in [3.8, 4) is 0 Å². The number of aliphatic hydroxyl groups is 2. The first kappa shape index (κ1) is 22.6. The highest BCUT2D eigenvalue weighted by atomic mass is 16.5. The lowest BCUT2D eigenvalue weighted by molar-refractivity contribution is -0.126. The van der Waals surface area contributed by atoms with Crippen LogP contribution >= 0.6 is 0 Å². The maximum atomic E-state index is 11.0. The van der Waals surface area contributed by atoms with E-state index in [-0.39, 0.29) is 51.7 Å². The molecule has 0 aromatic heterocycles. The standard InChI is InChI=1S/C8H15NO3.C5H11NO.2CH4/c1-12-5-8(11)9-6-3-2-4-7(6)10;6-4-2-1-3-5(4)7;;/h6-7,10H,2-5H2,1H3,(H,9,11);4-5,7H,1-3,6H2;2*1H4/t6-,7-;4-,5-;;/m10../s1. The van der Waals surface area contributed by atoms with Crippen molar-refractivity contribution in [1.82, 2.24) is 5.32 Å². The quantitative estimate of drug-likeness (QED) is 0.617. The van der Waals surface area contributed by atoms with Gasteiger partial charge in [0, 0.05) is 13.2 Å². The molecular formula is C15H34N2O4. The summed E-state index contributed by atoms with van der Waals surface area (Å²) in [6.07, 6.45) is 5.07. The molecule has 0 radical (unpaired) electrons. The largest absolute Gasteiger partial charge is 0.392 e. The molecule has 21 heavy (non-hydrogen) atoms. The summed E-state index contributed by atoms with van der Waals surface area (Å²) in [5.41, 5.74) is 5.43. The average Bonchev–Trinajstić information content (AvgIpc) is 2.91. The molecule has 0 aromatic carbocycles. The SMILES string of the molecule is C.C.COCC(=O)N[C@@H]1CCC[C@H]1O.N[C@H]1CCC[C@@H]1O. The van der Waals surface area contributed by atoms with Crippen molar-refractivity contribution >= 4 is 5.91 Å². The summed E-state index contributed by atoms with van der Waals surface area (Å²) in [6.45, 7) is 0.0726. The summed E-state index contributed by atoms with van der Waals surface area (Å²) < 4.78 is 4.66. The molecule has 2 aliphatic rings. The van der Waals surface area contributed by atoms with E-state index in [1.54, 1.807) is 0 Å². The molecule has 6 nitrogen and oxygen atoms in total. The van der Waals surface area contributed by atoms with E-state index < -0.39 is 0 Å². The normalized spacial score (nSPS) is 30.5. The van der Waals surface area contributed by atoms with Crippen LogP contribution in [0.1, 0.15) is 53.4 Å². The zero-order valence-corrected chi connectivity index (χ0v) is 11.5. The summed E-state index contributed by atoms with van der Waals surface area (Å²) >= 11 is 0. The number of nitrogens with two attached hydrogens (primary N) is 1. The first-order chi connectivity index (χ1) is 9.04. The predicted molar refractivity (Wildman–Crippen MR) is 85.0 cm³/mol. The Labute approximate surface area is 129 Å². The number of aliphatic hydroxyl groups excluding tert-OH is 2. The van der Waals surface area contributed by atoms with Crippen molar-refractivity contribution in [3.63, 3.8) is 0 Å². The third-order valence-corrected chi connectivity index (χ3v) is 3.63. The van der Waals surface area contributed by atoms with Crippen molar-refractivity contribution in [2.75, 3.05) is 13.7 Å². The molecule has 1 amide bonds. The van der Waals surface area contributed by atoms with Crippen LogP contribution < -0.4 is 11.1 Å². The number of amides is 1. The summed E-state index contributed by atoms with van der Waals surface area (Å²) in [6, 6.07) is 0.00708. The van der Waals surface area contributed by atoms with Gasteiger partial charge in [-0.15, -0.1) is 0 Å². The van der Waals surface area contributed by atoms with Crippen molar-refractivity contribution in [1.29, 1.82) is 0 Å². The van der Waals surface area contributed by atoms with Crippen LogP contribution in [0.5, 0.6) is 0 Å². The van der Waals surface area contributed by atoms with Gasteiger partial charge in [0.05, 0.1) is 18.2 Å². The number of nitrogens with one attached hydrogen (secondary N) is 1. The number of hydrogen-bond donors (Lipinski definition) is 4. The molecule has 2 rings (SSSR count). The molecule has 5 N–H and O–H groups in total. The molecule has 0 saturated heterocycles. The summed E-state index contributed by atoms with van der Waals surface area (Å²) in [4.78, 5) is 11.0. The monoisotopic (exact) mass is 306 g/mol. The maximum Gasteiger partial charge on any atom is 0.246 e. The highest BCUT2D eigenvalue weighted by Gasteiger charge is 2.26. The van der Waals surface area contributed by atoms with E-state index >= 15 is 0 Å². The molecule has 4 atom stereocenters. The van der Waals surface area contributed by atoms with E-state index in [0.717, 1.165) is 38.5 Å². The van der Waals surface area contributed by atoms with Gasteiger partial charge >= 0.3 is 0 Å². The number of ether oxygens (including phenoxy) is 1. The van der Waals surface area contributed by atoms with E-state index in [1.807, 2.05) is 0 Å². The van der Waals surface area contributed by atoms with Gasteiger partial charge in [-0.1, -0.05) is 14.9 Å². The summed E-state index contributed by atoms with van der Waals surface area (Å²) in [5.74, 6) is -0.150. The smallest absolute Gasteiger partial charge is 0.246 e.